The highest BCUT2D eigenvalue weighted by Gasteiger charge is 2.26. The van der Waals surface area contributed by atoms with Crippen molar-refractivity contribution in [3.63, 3.8) is 0 Å². The smallest absolute Gasteiger partial charge is 0.249 e. The van der Waals surface area contributed by atoms with Crippen LogP contribution >= 0.6 is 0 Å². The number of unbranched alkanes of at least 4 members (excludes halogenated alkanes) is 2. The number of likely N-dealkylation sites (tertiary alicyclic amines) is 1. The number of nitrogens with one attached hydrogen (secondary N) is 3. The third-order valence-electron chi connectivity index (χ3n) is 5.95. The average Bonchev–Trinajstić information content (AvgIpc) is 2.71. The first-order valence-electron chi connectivity index (χ1n) is 10.7. The van der Waals surface area contributed by atoms with Crippen LogP contribution < -0.4 is 16.0 Å². The molecule has 1 aromatic carbocycles. The van der Waals surface area contributed by atoms with E-state index in [4.69, 9.17) is 0 Å². The maximum absolute atomic E-state index is 11.9. The van der Waals surface area contributed by atoms with Crippen molar-refractivity contribution in [1.82, 2.24) is 15.5 Å². The minimum absolute atomic E-state index is 0.178. The van der Waals surface area contributed by atoms with Gasteiger partial charge in [-0.1, -0.05) is 18.6 Å². The number of hydrogen-bond acceptors (Lipinski definition) is 5. The van der Waals surface area contributed by atoms with Crippen LogP contribution in [0.3, 0.4) is 0 Å². The van der Waals surface area contributed by atoms with Gasteiger partial charge >= 0.3 is 0 Å². The lowest BCUT2D eigenvalue weighted by Gasteiger charge is -2.32. The van der Waals surface area contributed by atoms with E-state index in [2.05, 4.69) is 45.1 Å². The Morgan fingerprint density at radius 2 is 1.79 bits per heavy atom. The number of hydrogen-bond donors (Lipinski definition) is 3. The Labute approximate surface area is 168 Å². The monoisotopic (exact) mass is 386 g/mol. The largest absolute Gasteiger partial charge is 0.374 e. The fourth-order valence-corrected chi connectivity index (χ4v) is 4.19. The summed E-state index contributed by atoms with van der Waals surface area (Å²) in [5.74, 6) is 0.228. The zero-order chi connectivity index (χ0) is 19.8. The summed E-state index contributed by atoms with van der Waals surface area (Å²) in [7, 11) is 2.02. The van der Waals surface area contributed by atoms with Gasteiger partial charge in [-0.05, 0) is 88.9 Å². The van der Waals surface area contributed by atoms with E-state index >= 15 is 0 Å². The average molecular weight is 387 g/mol. The van der Waals surface area contributed by atoms with Crippen molar-refractivity contribution in [3.8, 4) is 0 Å². The first kappa shape index (κ1) is 20.8. The molecule has 2 amide bonds. The quantitative estimate of drug-likeness (QED) is 0.449. The lowest BCUT2D eigenvalue weighted by atomic mass is 9.89. The van der Waals surface area contributed by atoms with Crippen LogP contribution in [0.1, 0.15) is 56.4 Å². The number of nitrogens with zero attached hydrogens (tertiary/aromatic N) is 1. The minimum Gasteiger partial charge on any atom is -0.374 e. The SMILES string of the molecule is CNCCCCCN1CCC(c2ccc(NC3CCC(=O)NC3=O)cc2)CC1. The van der Waals surface area contributed by atoms with Gasteiger partial charge < -0.3 is 15.5 Å². The van der Waals surface area contributed by atoms with Crippen LogP contribution in [-0.2, 0) is 9.59 Å². The second kappa shape index (κ2) is 10.6. The predicted octanol–water partition coefficient (Wildman–Crippen LogP) is 2.47. The minimum atomic E-state index is -0.320. The zero-order valence-electron chi connectivity index (χ0n) is 17.0. The standard InChI is InChI=1S/C22H34N4O2/c1-23-13-3-2-4-14-26-15-11-18(12-16-26)17-5-7-19(8-6-17)24-20-9-10-21(27)25-22(20)28/h5-8,18,20,23-24H,2-4,9-16H2,1H3,(H,25,27,28). The van der Waals surface area contributed by atoms with Crippen molar-refractivity contribution in [2.45, 2.75) is 56.9 Å². The van der Waals surface area contributed by atoms with Crippen molar-refractivity contribution in [2.75, 3.05) is 38.5 Å². The van der Waals surface area contributed by atoms with E-state index in [0.29, 0.717) is 18.8 Å². The molecule has 3 rings (SSSR count). The van der Waals surface area contributed by atoms with E-state index in [-0.39, 0.29) is 17.9 Å². The number of amides is 2. The molecule has 2 aliphatic heterocycles. The van der Waals surface area contributed by atoms with Crippen LogP contribution in [0.5, 0.6) is 0 Å². The molecule has 0 radical (unpaired) electrons. The Morgan fingerprint density at radius 1 is 1.04 bits per heavy atom. The molecular weight excluding hydrogens is 352 g/mol. The van der Waals surface area contributed by atoms with Crippen LogP contribution in [0.2, 0.25) is 0 Å². The van der Waals surface area contributed by atoms with Gasteiger partial charge in [-0.25, -0.2) is 0 Å². The van der Waals surface area contributed by atoms with Crippen molar-refractivity contribution >= 4 is 17.5 Å². The highest BCUT2D eigenvalue weighted by molar-refractivity contribution is 6.01. The molecule has 2 aliphatic rings. The lowest BCUT2D eigenvalue weighted by molar-refractivity contribution is -0.133. The fourth-order valence-electron chi connectivity index (χ4n) is 4.19. The second-order valence-corrected chi connectivity index (χ2v) is 8.05. The number of carbonyl (C=O) groups excluding carboxylic acids is 2. The molecule has 1 aromatic rings. The lowest BCUT2D eigenvalue weighted by Crippen LogP contribution is -2.47. The summed E-state index contributed by atoms with van der Waals surface area (Å²) < 4.78 is 0. The van der Waals surface area contributed by atoms with Gasteiger partial charge in [0, 0.05) is 12.1 Å². The number of piperidine rings is 2. The Morgan fingerprint density at radius 3 is 2.46 bits per heavy atom. The summed E-state index contributed by atoms with van der Waals surface area (Å²) >= 11 is 0. The number of carbonyl (C=O) groups is 2. The topological polar surface area (TPSA) is 73.5 Å². The molecule has 0 saturated carbocycles. The van der Waals surface area contributed by atoms with Gasteiger partial charge in [0.15, 0.2) is 0 Å². The molecule has 6 heteroatoms. The Hall–Kier alpha value is -1.92. The summed E-state index contributed by atoms with van der Waals surface area (Å²) in [5.41, 5.74) is 2.33. The first-order chi connectivity index (χ1) is 13.7. The van der Waals surface area contributed by atoms with E-state index in [1.165, 1.54) is 57.3 Å². The van der Waals surface area contributed by atoms with E-state index in [1.54, 1.807) is 0 Å². The number of imide groups is 1. The summed E-state index contributed by atoms with van der Waals surface area (Å²) in [5, 5.41) is 8.85. The molecule has 0 spiro atoms. The normalized spacial score (nSPS) is 21.5. The van der Waals surface area contributed by atoms with E-state index in [0.717, 1.165) is 12.2 Å². The molecule has 2 heterocycles. The Bertz CT molecular complexity index is 638. The number of anilines is 1. The molecule has 1 atom stereocenters. The van der Waals surface area contributed by atoms with Gasteiger partial charge in [-0.3, -0.25) is 14.9 Å². The zero-order valence-corrected chi connectivity index (χ0v) is 17.0. The van der Waals surface area contributed by atoms with Crippen molar-refractivity contribution in [1.29, 1.82) is 0 Å². The molecule has 0 bridgehead atoms. The number of benzene rings is 1. The third-order valence-corrected chi connectivity index (χ3v) is 5.95. The summed E-state index contributed by atoms with van der Waals surface area (Å²) in [4.78, 5) is 25.7. The molecule has 28 heavy (non-hydrogen) atoms. The van der Waals surface area contributed by atoms with Crippen LogP contribution in [0.25, 0.3) is 0 Å². The van der Waals surface area contributed by atoms with E-state index in [9.17, 15) is 9.59 Å². The molecular formula is C22H34N4O2. The Balaban J connectivity index is 1.41. The maximum atomic E-state index is 11.9. The van der Waals surface area contributed by atoms with Gasteiger partial charge in [-0.15, -0.1) is 0 Å². The highest BCUT2D eigenvalue weighted by Crippen LogP contribution is 2.29. The molecule has 154 valence electrons. The van der Waals surface area contributed by atoms with E-state index in [1.807, 2.05) is 7.05 Å². The highest BCUT2D eigenvalue weighted by atomic mass is 16.2. The van der Waals surface area contributed by atoms with Crippen LogP contribution in [-0.4, -0.2) is 56.0 Å². The van der Waals surface area contributed by atoms with Gasteiger partial charge in [0.25, 0.3) is 0 Å². The van der Waals surface area contributed by atoms with Gasteiger partial charge in [0.2, 0.25) is 11.8 Å². The molecule has 0 aliphatic carbocycles. The molecule has 1 unspecified atom stereocenters. The van der Waals surface area contributed by atoms with Gasteiger partial charge in [0.05, 0.1) is 0 Å². The molecule has 0 aromatic heterocycles. The maximum Gasteiger partial charge on any atom is 0.249 e. The van der Waals surface area contributed by atoms with Crippen molar-refractivity contribution in [3.05, 3.63) is 29.8 Å². The van der Waals surface area contributed by atoms with Crippen molar-refractivity contribution < 1.29 is 9.59 Å². The molecule has 2 saturated heterocycles. The van der Waals surface area contributed by atoms with Crippen LogP contribution in [0.15, 0.2) is 24.3 Å². The summed E-state index contributed by atoms with van der Waals surface area (Å²) in [6.45, 7) is 4.72. The number of rotatable bonds is 9. The summed E-state index contributed by atoms with van der Waals surface area (Å²) in [6, 6.07) is 8.18. The second-order valence-electron chi connectivity index (χ2n) is 8.05. The molecule has 6 nitrogen and oxygen atoms in total. The van der Waals surface area contributed by atoms with Crippen LogP contribution in [0, 0.1) is 0 Å². The third kappa shape index (κ3) is 6.04. The van der Waals surface area contributed by atoms with E-state index < -0.39 is 0 Å². The predicted molar refractivity (Wildman–Crippen MR) is 112 cm³/mol. The molecule has 2 fully saturated rings. The fraction of sp³-hybridized carbons (Fsp3) is 0.636. The molecule has 3 N–H and O–H groups in total. The van der Waals surface area contributed by atoms with Gasteiger partial charge in [-0.2, -0.15) is 0 Å². The first-order valence-corrected chi connectivity index (χ1v) is 10.7. The Kier molecular flexibility index (Phi) is 7.86. The summed E-state index contributed by atoms with van der Waals surface area (Å²) in [6.07, 6.45) is 7.27. The van der Waals surface area contributed by atoms with Crippen molar-refractivity contribution in [2.24, 2.45) is 0 Å². The van der Waals surface area contributed by atoms with Crippen LogP contribution in [0.4, 0.5) is 5.69 Å². The van der Waals surface area contributed by atoms with Gasteiger partial charge in [0.1, 0.15) is 6.04 Å².